The van der Waals surface area contributed by atoms with Crippen molar-refractivity contribution in [3.05, 3.63) is 60.4 Å². The van der Waals surface area contributed by atoms with E-state index in [9.17, 15) is 4.79 Å². The van der Waals surface area contributed by atoms with Crippen molar-refractivity contribution >= 4 is 35.1 Å². The van der Waals surface area contributed by atoms with Crippen LogP contribution in [0.25, 0.3) is 5.69 Å². The zero-order chi connectivity index (χ0) is 19.1. The van der Waals surface area contributed by atoms with E-state index in [2.05, 4.69) is 21.6 Å². The Kier molecular flexibility index (Phi) is 6.52. The third-order valence-corrected chi connectivity index (χ3v) is 5.46. The molecule has 0 aliphatic rings. The van der Waals surface area contributed by atoms with E-state index >= 15 is 0 Å². The molecule has 27 heavy (non-hydrogen) atoms. The minimum atomic E-state index is -0.134. The Bertz CT molecular complexity index is 966. The highest BCUT2D eigenvalue weighted by molar-refractivity contribution is 8.00. The van der Waals surface area contributed by atoms with E-state index in [1.54, 1.807) is 0 Å². The monoisotopic (exact) mass is 395 g/mol. The Morgan fingerprint density at radius 3 is 2.63 bits per heavy atom. The zero-order valence-electron chi connectivity index (χ0n) is 14.6. The fourth-order valence-electron chi connectivity index (χ4n) is 2.43. The number of aromatic nitrogens is 3. The number of hydrogen-bond donors (Lipinski definition) is 1. The van der Waals surface area contributed by atoms with Crippen molar-refractivity contribution in [2.75, 3.05) is 16.8 Å². The van der Waals surface area contributed by atoms with Gasteiger partial charge < -0.3 is 5.32 Å². The van der Waals surface area contributed by atoms with Crippen LogP contribution in [0.4, 0.5) is 5.69 Å². The molecule has 0 radical (unpaired) electrons. The van der Waals surface area contributed by atoms with Gasteiger partial charge in [0, 0.05) is 10.6 Å². The van der Waals surface area contributed by atoms with Crippen LogP contribution in [0.1, 0.15) is 5.82 Å². The Morgan fingerprint density at radius 2 is 1.85 bits per heavy atom. The van der Waals surface area contributed by atoms with Crippen molar-refractivity contribution in [3.8, 4) is 11.8 Å². The quantitative estimate of drug-likeness (QED) is 0.611. The fourth-order valence-corrected chi connectivity index (χ4v) is 3.90. The first-order chi connectivity index (χ1) is 13.2. The Morgan fingerprint density at radius 1 is 1.11 bits per heavy atom. The van der Waals surface area contributed by atoms with E-state index in [-0.39, 0.29) is 11.7 Å². The van der Waals surface area contributed by atoms with Crippen molar-refractivity contribution in [3.63, 3.8) is 0 Å². The molecule has 3 aromatic rings. The minimum Gasteiger partial charge on any atom is -0.324 e. The van der Waals surface area contributed by atoms with Gasteiger partial charge in [0.15, 0.2) is 5.16 Å². The molecule has 0 aliphatic heterocycles. The van der Waals surface area contributed by atoms with Gasteiger partial charge in [0.2, 0.25) is 5.91 Å². The topological polar surface area (TPSA) is 83.6 Å². The van der Waals surface area contributed by atoms with Crippen LogP contribution in [0.5, 0.6) is 0 Å². The summed E-state index contributed by atoms with van der Waals surface area (Å²) in [5.41, 5.74) is 1.67. The molecule has 1 amide bonds. The SMILES string of the molecule is Cc1nnc(SCC(=O)Nc2ccccc2SCC#N)n1-c1ccccc1. The van der Waals surface area contributed by atoms with Crippen molar-refractivity contribution in [1.82, 2.24) is 14.8 Å². The summed E-state index contributed by atoms with van der Waals surface area (Å²) in [5, 5.41) is 20.6. The van der Waals surface area contributed by atoms with E-state index in [4.69, 9.17) is 5.26 Å². The Labute approximate surface area is 166 Å². The van der Waals surface area contributed by atoms with Gasteiger partial charge in [0.1, 0.15) is 5.82 Å². The van der Waals surface area contributed by atoms with Gasteiger partial charge in [-0.3, -0.25) is 9.36 Å². The van der Waals surface area contributed by atoms with Gasteiger partial charge in [-0.2, -0.15) is 5.26 Å². The predicted molar refractivity (Wildman–Crippen MR) is 108 cm³/mol. The molecule has 0 saturated carbocycles. The number of thioether (sulfide) groups is 2. The molecular formula is C19H17N5OS2. The van der Waals surface area contributed by atoms with Crippen LogP contribution in [0.2, 0.25) is 0 Å². The first-order valence-corrected chi connectivity index (χ1v) is 10.1. The molecule has 1 heterocycles. The van der Waals surface area contributed by atoms with E-state index in [0.717, 1.165) is 16.4 Å². The molecule has 1 aromatic heterocycles. The number of nitriles is 1. The first kappa shape index (κ1) is 19.0. The van der Waals surface area contributed by atoms with E-state index in [1.807, 2.05) is 66.1 Å². The molecule has 0 bridgehead atoms. The molecule has 6 nitrogen and oxygen atoms in total. The number of hydrogen-bond acceptors (Lipinski definition) is 6. The lowest BCUT2D eigenvalue weighted by atomic mass is 10.3. The lowest BCUT2D eigenvalue weighted by molar-refractivity contribution is -0.113. The molecule has 0 fully saturated rings. The average Bonchev–Trinajstić information content (AvgIpc) is 3.07. The Balaban J connectivity index is 1.67. The van der Waals surface area contributed by atoms with Gasteiger partial charge in [-0.25, -0.2) is 0 Å². The van der Waals surface area contributed by atoms with Crippen LogP contribution in [-0.2, 0) is 4.79 Å². The number of amides is 1. The summed E-state index contributed by atoms with van der Waals surface area (Å²) in [4.78, 5) is 13.3. The van der Waals surface area contributed by atoms with Crippen LogP contribution in [-0.4, -0.2) is 32.2 Å². The molecule has 0 spiro atoms. The summed E-state index contributed by atoms with van der Waals surface area (Å²) >= 11 is 2.73. The minimum absolute atomic E-state index is 0.134. The maximum atomic E-state index is 12.4. The highest BCUT2D eigenvalue weighted by Crippen LogP contribution is 2.27. The molecule has 0 aliphatic carbocycles. The van der Waals surface area contributed by atoms with Crippen LogP contribution in [0, 0.1) is 18.3 Å². The largest absolute Gasteiger partial charge is 0.324 e. The number of benzene rings is 2. The normalized spacial score (nSPS) is 10.4. The second-order valence-electron chi connectivity index (χ2n) is 5.48. The lowest BCUT2D eigenvalue weighted by Crippen LogP contribution is -2.15. The molecule has 2 aromatic carbocycles. The zero-order valence-corrected chi connectivity index (χ0v) is 16.3. The summed E-state index contributed by atoms with van der Waals surface area (Å²) in [5.74, 6) is 1.18. The van der Waals surface area contributed by atoms with Gasteiger partial charge in [-0.1, -0.05) is 42.1 Å². The maximum absolute atomic E-state index is 12.4. The van der Waals surface area contributed by atoms with Crippen LogP contribution < -0.4 is 5.32 Å². The summed E-state index contributed by atoms with van der Waals surface area (Å²) in [6.45, 7) is 1.88. The summed E-state index contributed by atoms with van der Waals surface area (Å²) in [6, 6.07) is 19.4. The Hall–Kier alpha value is -2.76. The van der Waals surface area contributed by atoms with E-state index < -0.39 is 0 Å². The molecule has 0 atom stereocenters. The van der Waals surface area contributed by atoms with Crippen LogP contribution >= 0.6 is 23.5 Å². The molecular weight excluding hydrogens is 378 g/mol. The van der Waals surface area contributed by atoms with E-state index in [0.29, 0.717) is 16.6 Å². The van der Waals surface area contributed by atoms with Crippen LogP contribution in [0.15, 0.2) is 64.6 Å². The molecule has 0 saturated heterocycles. The van der Waals surface area contributed by atoms with Crippen molar-refractivity contribution in [2.45, 2.75) is 17.0 Å². The van der Waals surface area contributed by atoms with Crippen molar-refractivity contribution in [2.24, 2.45) is 0 Å². The molecule has 1 N–H and O–H groups in total. The third-order valence-electron chi connectivity index (χ3n) is 3.60. The summed E-state index contributed by atoms with van der Waals surface area (Å²) in [7, 11) is 0. The number of carbonyl (C=O) groups is 1. The number of para-hydroxylation sites is 2. The molecule has 0 unspecified atom stereocenters. The lowest BCUT2D eigenvalue weighted by Gasteiger charge is -2.10. The highest BCUT2D eigenvalue weighted by Gasteiger charge is 2.14. The molecule has 136 valence electrons. The third kappa shape index (κ3) is 4.90. The molecule has 3 rings (SSSR count). The number of nitrogens with zero attached hydrogens (tertiary/aromatic N) is 4. The predicted octanol–water partition coefficient (Wildman–Crippen LogP) is 3.92. The second-order valence-corrected chi connectivity index (χ2v) is 7.44. The van der Waals surface area contributed by atoms with Crippen molar-refractivity contribution in [1.29, 1.82) is 5.26 Å². The number of nitrogens with one attached hydrogen (secondary N) is 1. The van der Waals surface area contributed by atoms with Gasteiger partial charge in [-0.15, -0.1) is 22.0 Å². The van der Waals surface area contributed by atoms with Gasteiger partial charge in [-0.05, 0) is 31.2 Å². The van der Waals surface area contributed by atoms with Crippen LogP contribution in [0.3, 0.4) is 0 Å². The van der Waals surface area contributed by atoms with Gasteiger partial charge in [0.25, 0.3) is 0 Å². The number of rotatable bonds is 7. The maximum Gasteiger partial charge on any atom is 0.234 e. The van der Waals surface area contributed by atoms with Gasteiger partial charge >= 0.3 is 0 Å². The average molecular weight is 396 g/mol. The summed E-state index contributed by atoms with van der Waals surface area (Å²) in [6.07, 6.45) is 0. The standard InChI is InChI=1S/C19H17N5OS2/c1-14-22-23-19(24(14)15-7-3-2-4-8-15)27-13-18(25)21-16-9-5-6-10-17(16)26-12-11-20/h2-10H,12-13H2,1H3,(H,21,25). The van der Waals surface area contributed by atoms with Crippen molar-refractivity contribution < 1.29 is 4.79 Å². The fraction of sp³-hybridized carbons (Fsp3) is 0.158. The number of aryl methyl sites for hydroxylation is 1. The first-order valence-electron chi connectivity index (χ1n) is 8.18. The van der Waals surface area contributed by atoms with E-state index in [1.165, 1.54) is 23.5 Å². The second kappa shape index (κ2) is 9.26. The summed E-state index contributed by atoms with van der Waals surface area (Å²) < 4.78 is 1.93. The molecule has 8 heteroatoms. The smallest absolute Gasteiger partial charge is 0.234 e. The number of anilines is 1. The number of carbonyl (C=O) groups excluding carboxylic acids is 1. The van der Waals surface area contributed by atoms with Gasteiger partial charge in [0.05, 0.1) is 23.3 Å². The highest BCUT2D eigenvalue weighted by atomic mass is 32.2.